The molecule has 2 aliphatic carbocycles. The fraction of sp³-hybridized carbons (Fsp3) is 0.100. The summed E-state index contributed by atoms with van der Waals surface area (Å²) in [6, 6.07) is 18.0. The van der Waals surface area contributed by atoms with Crippen LogP contribution in [0.2, 0.25) is 0 Å². The summed E-state index contributed by atoms with van der Waals surface area (Å²) >= 11 is 19.5. The van der Waals surface area contributed by atoms with Gasteiger partial charge in [-0.05, 0) is 46.5 Å². The Morgan fingerprint density at radius 2 is 0.846 bits per heavy atom. The molecule has 0 aromatic heterocycles. The van der Waals surface area contributed by atoms with Crippen LogP contribution in [0.1, 0.15) is 22.3 Å². The molecule has 3 aromatic rings. The van der Waals surface area contributed by atoms with Gasteiger partial charge in [0.25, 0.3) is 0 Å². The largest absolute Gasteiger partial charge is 0.117 e. The fourth-order valence-electron chi connectivity index (χ4n) is 4.21. The fourth-order valence-corrected chi connectivity index (χ4v) is 6.84. The molecule has 0 unspecified atom stereocenters. The molecule has 114 valence electrons. The second-order valence-corrected chi connectivity index (χ2v) is 13.9. The van der Waals surface area contributed by atoms with E-state index < -0.39 is 0 Å². The molecule has 0 aliphatic heterocycles. The molecule has 0 heterocycles. The lowest BCUT2D eigenvalue weighted by Gasteiger charge is -2.27. The number of fused-ring (bicyclic) bond motifs is 6. The molecule has 0 N–H and O–H groups in total. The van der Waals surface area contributed by atoms with Crippen LogP contribution in [0.3, 0.4) is 0 Å². The molecular weight excluding hydrogens is 508 g/mol. The van der Waals surface area contributed by atoms with Gasteiger partial charge >= 0.3 is 0 Å². The molecule has 8 radical (unpaired) electrons. The van der Waals surface area contributed by atoms with Crippen LogP contribution in [-0.2, 0) is 6.28 Å². The van der Waals surface area contributed by atoms with Gasteiger partial charge in [-0.25, -0.2) is 0 Å². The minimum absolute atomic E-state index is 0.161. The van der Waals surface area contributed by atoms with Gasteiger partial charge in [0, 0.05) is 8.95 Å². The van der Waals surface area contributed by atoms with Gasteiger partial charge in [-0.15, -0.1) is 6.28 Å². The summed E-state index contributed by atoms with van der Waals surface area (Å²) < 4.78 is 1.91. The first-order valence-corrected chi connectivity index (χ1v) is 12.1. The van der Waals surface area contributed by atoms with Crippen LogP contribution in [0.15, 0.2) is 57.5 Å². The van der Waals surface area contributed by atoms with Crippen LogP contribution >= 0.6 is 31.9 Å². The van der Waals surface area contributed by atoms with E-state index in [1.807, 2.05) is 0 Å². The van der Waals surface area contributed by atoms with Crippen molar-refractivity contribution < 1.29 is 0 Å². The van der Waals surface area contributed by atoms with Gasteiger partial charge in [-0.1, -0.05) is 78.4 Å². The Kier molecular flexibility index (Phi) is 4.42. The third-order valence-corrected chi connectivity index (χ3v) is 8.96. The van der Waals surface area contributed by atoms with Gasteiger partial charge in [0.15, 0.2) is 0 Å². The molecule has 0 saturated heterocycles. The number of halogens is 2. The van der Waals surface area contributed by atoms with Crippen molar-refractivity contribution in [3.63, 3.8) is 0 Å². The second-order valence-electron chi connectivity index (χ2n) is 7.06. The molecule has 0 nitrogen and oxygen atoms in total. The quantitative estimate of drug-likeness (QED) is 0.393. The Bertz CT molecular complexity index is 1030. The van der Waals surface area contributed by atoms with Crippen LogP contribution in [0.25, 0.3) is 22.3 Å². The first-order chi connectivity index (χ1) is 12.2. The molecular formula is C20H8Al4Br2. The summed E-state index contributed by atoms with van der Waals surface area (Å²) in [5, 5.41) is 0. The van der Waals surface area contributed by atoms with Crippen LogP contribution in [0.4, 0.5) is 0 Å². The predicted octanol–water partition coefficient (Wildman–Crippen LogP) is 4.25. The average Bonchev–Trinajstić information content (AvgIpc) is 2.93. The Morgan fingerprint density at radius 1 is 0.500 bits per heavy atom. The van der Waals surface area contributed by atoms with Crippen LogP contribution < -0.4 is 0 Å². The maximum atomic E-state index is 3.63. The molecule has 3 aromatic carbocycles. The zero-order chi connectivity index (χ0) is 18.4. The molecule has 0 atom stereocenters. The highest BCUT2D eigenvalue weighted by atomic mass is 79.9. The van der Waals surface area contributed by atoms with Gasteiger partial charge in [0.05, 0.1) is 0 Å². The summed E-state index contributed by atoms with van der Waals surface area (Å²) in [6.07, 6.45) is 0. The minimum atomic E-state index is -0.161. The van der Waals surface area contributed by atoms with E-state index in [2.05, 4.69) is 146 Å². The SMILES string of the molecule is [Al][C]1([Al])c2cc(Br)ccc2-c2cc3c(cc21)-c1ccc(Br)cc1[C]3([Al])[Al]. The van der Waals surface area contributed by atoms with Crippen LogP contribution in [0.5, 0.6) is 0 Å². The molecule has 2 aliphatic rings. The first kappa shape index (κ1) is 18.8. The number of rotatable bonds is 0. The van der Waals surface area contributed by atoms with E-state index in [4.69, 9.17) is 0 Å². The van der Waals surface area contributed by atoms with Crippen molar-refractivity contribution in [2.45, 2.75) is 6.28 Å². The lowest BCUT2D eigenvalue weighted by atomic mass is 9.97. The third kappa shape index (κ3) is 2.50. The highest BCUT2D eigenvalue weighted by Gasteiger charge is 2.39. The zero-order valence-electron chi connectivity index (χ0n) is 13.7. The highest BCUT2D eigenvalue weighted by molar-refractivity contribution is 9.10. The van der Waals surface area contributed by atoms with Gasteiger partial charge < -0.3 is 0 Å². The van der Waals surface area contributed by atoms with E-state index >= 15 is 0 Å². The third-order valence-electron chi connectivity index (χ3n) is 5.48. The molecule has 6 heteroatoms. The molecule has 0 fully saturated rings. The van der Waals surface area contributed by atoms with E-state index in [0.717, 1.165) is 8.95 Å². The standard InChI is InChI=1S/C20H8Br2.4Al/c21-15-1-3-17-11(7-15)5-13-10-20-14(9-19(13)17)6-12-8-16(22)2-4-18(12)20;;;;/h1-4,7-10H;;;;. The number of hydrogen-bond donors (Lipinski definition) is 0. The maximum Gasteiger partial charge on any atom is 0.117 e. The first-order valence-electron chi connectivity index (χ1n) is 8.16. The summed E-state index contributed by atoms with van der Waals surface area (Å²) in [4.78, 5) is 0. The Morgan fingerprint density at radius 3 is 1.23 bits per heavy atom. The molecule has 5 rings (SSSR count). The zero-order valence-corrected chi connectivity index (χ0v) is 21.5. The molecule has 0 spiro atoms. The molecule has 0 saturated carbocycles. The lowest BCUT2D eigenvalue weighted by molar-refractivity contribution is 1.06. The monoisotopic (exact) mass is 514 g/mol. The highest BCUT2D eigenvalue weighted by Crippen LogP contribution is 2.53. The number of hydrogen-bond acceptors (Lipinski definition) is 0. The van der Waals surface area contributed by atoms with E-state index in [1.54, 1.807) is 0 Å². The minimum Gasteiger partial charge on any atom is -0.106 e. The summed E-state index contributed by atoms with van der Waals surface area (Å²) in [5.74, 6) is 0. The average molecular weight is 516 g/mol. The summed E-state index contributed by atoms with van der Waals surface area (Å²) in [6.45, 7) is 0. The van der Waals surface area contributed by atoms with Crippen molar-refractivity contribution in [2.24, 2.45) is 0 Å². The van der Waals surface area contributed by atoms with Crippen molar-refractivity contribution in [2.75, 3.05) is 0 Å². The number of benzene rings is 3. The van der Waals surface area contributed by atoms with Crippen LogP contribution in [-0.4, -0.2) is 65.2 Å². The normalized spacial score (nSPS) is 17.3. The Balaban J connectivity index is 1.84. The van der Waals surface area contributed by atoms with E-state index in [1.165, 1.54) is 44.5 Å². The van der Waals surface area contributed by atoms with Crippen molar-refractivity contribution >= 4 is 97.0 Å². The van der Waals surface area contributed by atoms with Gasteiger partial charge in [-0.3, -0.25) is 0 Å². The maximum absolute atomic E-state index is 3.63. The molecule has 26 heavy (non-hydrogen) atoms. The van der Waals surface area contributed by atoms with E-state index in [0.29, 0.717) is 0 Å². The second kappa shape index (κ2) is 6.12. The Hall–Kier alpha value is 0.750. The predicted molar refractivity (Wildman–Crippen MR) is 117 cm³/mol. The van der Waals surface area contributed by atoms with Crippen molar-refractivity contribution in [1.29, 1.82) is 0 Å². The van der Waals surface area contributed by atoms with Crippen molar-refractivity contribution in [1.82, 2.24) is 0 Å². The van der Waals surface area contributed by atoms with Gasteiger partial charge in [0.2, 0.25) is 0 Å². The smallest absolute Gasteiger partial charge is 0.106 e. The van der Waals surface area contributed by atoms with E-state index in [9.17, 15) is 0 Å². The van der Waals surface area contributed by atoms with E-state index in [-0.39, 0.29) is 6.28 Å². The molecule has 0 bridgehead atoms. The molecule has 0 amide bonds. The lowest BCUT2D eigenvalue weighted by Crippen LogP contribution is -2.27. The summed E-state index contributed by atoms with van der Waals surface area (Å²) in [5.41, 5.74) is 10.7. The van der Waals surface area contributed by atoms with Crippen molar-refractivity contribution in [3.05, 3.63) is 79.7 Å². The van der Waals surface area contributed by atoms with Crippen molar-refractivity contribution in [3.8, 4) is 22.3 Å². The topological polar surface area (TPSA) is 0 Å². The van der Waals surface area contributed by atoms with Gasteiger partial charge in [0.1, 0.15) is 65.2 Å². The Labute approximate surface area is 203 Å². The van der Waals surface area contributed by atoms with Gasteiger partial charge in [-0.2, -0.15) is 0 Å². The summed E-state index contributed by atoms with van der Waals surface area (Å²) in [7, 11) is 0. The van der Waals surface area contributed by atoms with Crippen LogP contribution in [0, 0.1) is 0 Å².